The summed E-state index contributed by atoms with van der Waals surface area (Å²) in [7, 11) is 0. The fourth-order valence-corrected chi connectivity index (χ4v) is 10.5. The summed E-state index contributed by atoms with van der Waals surface area (Å²) < 4.78 is 0. The van der Waals surface area contributed by atoms with E-state index < -0.39 is 0 Å². The molecule has 58 heavy (non-hydrogen) atoms. The first-order valence-corrected chi connectivity index (χ1v) is 19.9. The van der Waals surface area contributed by atoms with E-state index >= 15 is 0 Å². The van der Waals surface area contributed by atoms with Crippen molar-refractivity contribution in [3.05, 3.63) is 173 Å². The van der Waals surface area contributed by atoms with Gasteiger partial charge in [0.05, 0.1) is 18.2 Å². The van der Waals surface area contributed by atoms with Crippen LogP contribution < -0.4 is 0 Å². The monoisotopic (exact) mass is 734 g/mol. The van der Waals surface area contributed by atoms with Crippen LogP contribution >= 0.6 is 0 Å². The zero-order valence-corrected chi connectivity index (χ0v) is 32.6. The van der Waals surface area contributed by atoms with E-state index in [1.807, 2.05) is 0 Å². The number of nitrogens with zero attached hydrogens (tertiary/aromatic N) is 2. The molecule has 0 bridgehead atoms. The Balaban J connectivity index is 1.26. The molecule has 2 nitrogen and oxygen atoms in total. The quantitative estimate of drug-likeness (QED) is 0.128. The molecule has 268 valence electrons. The molecule has 10 aromatic carbocycles. The van der Waals surface area contributed by atoms with Gasteiger partial charge in [0.1, 0.15) is 0 Å². The zero-order chi connectivity index (χ0) is 39.1. The number of hydrogen-bond acceptors (Lipinski definition) is 1. The summed E-state index contributed by atoms with van der Waals surface area (Å²) >= 11 is 0. The van der Waals surface area contributed by atoms with Crippen molar-refractivity contribution in [2.45, 2.75) is 27.7 Å². The molecule has 0 aromatic heterocycles. The first-order chi connectivity index (χ1) is 28.3. The number of rotatable bonds is 2. The van der Waals surface area contributed by atoms with Crippen LogP contribution in [0.1, 0.15) is 27.8 Å². The minimum Gasteiger partial charge on any atom is -0.238 e. The Bertz CT molecular complexity index is 3430. The second-order valence-electron chi connectivity index (χ2n) is 16.3. The first-order valence-electron chi connectivity index (χ1n) is 19.9. The summed E-state index contributed by atoms with van der Waals surface area (Å²) in [5.74, 6) is 0. The van der Waals surface area contributed by atoms with E-state index in [0.29, 0.717) is 11.3 Å². The van der Waals surface area contributed by atoms with Gasteiger partial charge in [0.15, 0.2) is 5.69 Å². The van der Waals surface area contributed by atoms with Crippen LogP contribution in [0.5, 0.6) is 0 Å². The fraction of sp³-hybridized carbons (Fsp3) is 0.0714. The molecule has 0 heterocycles. The minimum atomic E-state index is 0.676. The Kier molecular flexibility index (Phi) is 6.49. The average molecular weight is 735 g/mol. The molecule has 0 radical (unpaired) electrons. The van der Waals surface area contributed by atoms with Crippen molar-refractivity contribution in [2.75, 3.05) is 0 Å². The molecule has 0 amide bonds. The SMILES string of the molecule is [C-]#[N+]c1cc(C)c(C)cc1-c1c2c(cc3c1ccc1c4cc5c(c(-c6cc(C)c(C)cc6C#N)c4ccc31)-c1cccc3cccc-5c13)-c1cccc3cccc-2c13. The van der Waals surface area contributed by atoms with Crippen molar-refractivity contribution in [3.8, 4) is 72.8 Å². The van der Waals surface area contributed by atoms with E-state index in [-0.39, 0.29) is 0 Å². The third kappa shape index (κ3) is 4.14. The van der Waals surface area contributed by atoms with E-state index in [1.54, 1.807) is 0 Å². The van der Waals surface area contributed by atoms with Gasteiger partial charge in [-0.1, -0.05) is 120 Å². The minimum absolute atomic E-state index is 0.676. The third-order valence-corrected chi connectivity index (χ3v) is 13.4. The molecule has 0 unspecified atom stereocenters. The molecule has 2 aliphatic carbocycles. The van der Waals surface area contributed by atoms with Gasteiger partial charge in [0.25, 0.3) is 0 Å². The molecule has 2 aliphatic rings. The molecule has 0 aliphatic heterocycles. The van der Waals surface area contributed by atoms with E-state index in [9.17, 15) is 5.26 Å². The molecule has 12 rings (SSSR count). The number of benzene rings is 10. The number of aryl methyl sites for hydroxylation is 4. The van der Waals surface area contributed by atoms with E-state index in [2.05, 4.69) is 172 Å². The molecule has 0 spiro atoms. The molecule has 0 saturated carbocycles. The van der Waals surface area contributed by atoms with E-state index in [1.165, 1.54) is 98.7 Å². The Labute approximate surface area is 336 Å². The molecule has 0 fully saturated rings. The fourth-order valence-electron chi connectivity index (χ4n) is 10.5. The molecule has 0 atom stereocenters. The Morgan fingerprint density at radius 2 is 0.828 bits per heavy atom. The number of hydrogen-bond donors (Lipinski definition) is 0. The van der Waals surface area contributed by atoms with Crippen LogP contribution in [0.3, 0.4) is 0 Å². The predicted octanol–water partition coefficient (Wildman–Crippen LogP) is 15.7. The lowest BCUT2D eigenvalue weighted by molar-refractivity contribution is 1.32. The van der Waals surface area contributed by atoms with Gasteiger partial charge < -0.3 is 0 Å². The summed E-state index contributed by atoms with van der Waals surface area (Å²) in [4.78, 5) is 4.14. The smallest absolute Gasteiger partial charge is 0.195 e. The molecule has 0 N–H and O–H groups in total. The average Bonchev–Trinajstić information content (AvgIpc) is 3.75. The highest BCUT2D eigenvalue weighted by Crippen LogP contribution is 2.58. The lowest BCUT2D eigenvalue weighted by Gasteiger charge is -2.21. The van der Waals surface area contributed by atoms with Crippen LogP contribution in [-0.2, 0) is 0 Å². The van der Waals surface area contributed by atoms with Crippen molar-refractivity contribution in [3.63, 3.8) is 0 Å². The second kappa shape index (κ2) is 11.5. The summed E-state index contributed by atoms with van der Waals surface area (Å²) in [6.45, 7) is 16.8. The van der Waals surface area contributed by atoms with Crippen molar-refractivity contribution in [1.29, 1.82) is 5.26 Å². The summed E-state index contributed by atoms with van der Waals surface area (Å²) in [5, 5.41) is 22.6. The van der Waals surface area contributed by atoms with E-state index in [0.717, 1.165) is 44.2 Å². The van der Waals surface area contributed by atoms with Gasteiger partial charge in [-0.3, -0.25) is 0 Å². The Morgan fingerprint density at radius 1 is 0.397 bits per heavy atom. The standard InChI is InChI=1S/C56H34N2/c1-29-22-35(28-57)44(23-30(29)2)53-40-20-18-37-36(45(40)26-47-38-14-6-10-33-12-8-16-42(51(33)38)55(47)53)19-21-41-46(37)27-48-39-15-7-11-34-13-9-17-43(52(34)39)56(48)54(41)49-24-31(3)32(4)25-50(49)58-5/h6-27H,1-4H3. The van der Waals surface area contributed by atoms with Gasteiger partial charge in [-0.15, -0.1) is 0 Å². The molecule has 10 aromatic rings. The van der Waals surface area contributed by atoms with Crippen molar-refractivity contribution in [1.82, 2.24) is 0 Å². The summed E-state index contributed by atoms with van der Waals surface area (Å²) in [6.07, 6.45) is 0. The highest BCUT2D eigenvalue weighted by atomic mass is 14.6. The van der Waals surface area contributed by atoms with Gasteiger partial charge in [-0.05, 0) is 178 Å². The van der Waals surface area contributed by atoms with Crippen LogP contribution in [0.15, 0.2) is 133 Å². The summed E-state index contributed by atoms with van der Waals surface area (Å²) in [6, 6.07) is 51.7. The lowest BCUT2D eigenvalue weighted by atomic mass is 9.82. The van der Waals surface area contributed by atoms with E-state index in [4.69, 9.17) is 6.57 Å². The molecule has 0 saturated heterocycles. The summed E-state index contributed by atoms with van der Waals surface area (Å²) in [5.41, 5.74) is 19.9. The van der Waals surface area contributed by atoms with Crippen LogP contribution in [0.4, 0.5) is 5.69 Å². The molecule has 2 heteroatoms. The van der Waals surface area contributed by atoms with Gasteiger partial charge in [0.2, 0.25) is 0 Å². The normalized spacial score (nSPS) is 12.1. The van der Waals surface area contributed by atoms with Crippen molar-refractivity contribution >= 4 is 59.5 Å². The first kappa shape index (κ1) is 32.7. The predicted molar refractivity (Wildman–Crippen MR) is 244 cm³/mol. The Morgan fingerprint density at radius 3 is 1.33 bits per heavy atom. The van der Waals surface area contributed by atoms with Crippen LogP contribution in [-0.4, -0.2) is 0 Å². The van der Waals surface area contributed by atoms with Crippen molar-refractivity contribution < 1.29 is 0 Å². The molecular weight excluding hydrogens is 701 g/mol. The molecular formula is C56H34N2. The van der Waals surface area contributed by atoms with Crippen LogP contribution in [0.2, 0.25) is 0 Å². The van der Waals surface area contributed by atoms with Gasteiger partial charge in [-0.25, -0.2) is 4.85 Å². The number of nitriles is 1. The largest absolute Gasteiger partial charge is 0.238 e. The highest BCUT2D eigenvalue weighted by molar-refractivity contribution is 6.30. The lowest BCUT2D eigenvalue weighted by Crippen LogP contribution is -1.95. The number of fused-ring (bicyclic) bond motifs is 11. The second-order valence-corrected chi connectivity index (χ2v) is 16.3. The van der Waals surface area contributed by atoms with Crippen molar-refractivity contribution in [2.24, 2.45) is 0 Å². The highest BCUT2D eigenvalue weighted by Gasteiger charge is 2.30. The maximum absolute atomic E-state index is 10.6. The Hall–Kier alpha value is -7.52. The van der Waals surface area contributed by atoms with Gasteiger partial charge in [0, 0.05) is 5.56 Å². The van der Waals surface area contributed by atoms with Gasteiger partial charge >= 0.3 is 0 Å². The maximum Gasteiger partial charge on any atom is 0.195 e. The zero-order valence-electron chi connectivity index (χ0n) is 32.6. The topological polar surface area (TPSA) is 28.1 Å². The maximum atomic E-state index is 10.6. The third-order valence-electron chi connectivity index (χ3n) is 13.4. The van der Waals surface area contributed by atoms with Gasteiger partial charge in [-0.2, -0.15) is 5.26 Å². The van der Waals surface area contributed by atoms with Crippen LogP contribution in [0, 0.1) is 45.6 Å². The van der Waals surface area contributed by atoms with Crippen LogP contribution in [0.25, 0.3) is 125 Å².